The molecule has 0 heterocycles. The molecule has 0 spiro atoms. The second kappa shape index (κ2) is 5.59. The van der Waals surface area contributed by atoms with Gasteiger partial charge >= 0.3 is 0 Å². The maximum Gasteiger partial charge on any atom is 0.243 e. The Balaban J connectivity index is 2.24. The Morgan fingerprint density at radius 1 is 1.37 bits per heavy atom. The molecule has 0 aliphatic heterocycles. The van der Waals surface area contributed by atoms with Gasteiger partial charge in [-0.2, -0.15) is 4.31 Å². The van der Waals surface area contributed by atoms with Crippen molar-refractivity contribution >= 4 is 10.0 Å². The van der Waals surface area contributed by atoms with Crippen LogP contribution in [0.4, 0.5) is 4.39 Å². The SMILES string of the molecule is CC(C)CCN(C1CC1)S(=O)(=O)c1cccc(F)c1. The van der Waals surface area contributed by atoms with E-state index in [0.717, 1.165) is 25.3 Å². The summed E-state index contributed by atoms with van der Waals surface area (Å²) >= 11 is 0. The third-order valence-electron chi connectivity index (χ3n) is 3.28. The minimum atomic E-state index is -3.56. The lowest BCUT2D eigenvalue weighted by Crippen LogP contribution is -2.34. The number of sulfonamides is 1. The van der Waals surface area contributed by atoms with E-state index in [0.29, 0.717) is 12.5 Å². The van der Waals surface area contributed by atoms with Crippen molar-refractivity contribution in [1.82, 2.24) is 4.31 Å². The average Bonchev–Trinajstić information content (AvgIpc) is 3.13. The van der Waals surface area contributed by atoms with Gasteiger partial charge in [-0.05, 0) is 43.4 Å². The van der Waals surface area contributed by atoms with Gasteiger partial charge in [0, 0.05) is 12.6 Å². The summed E-state index contributed by atoms with van der Waals surface area (Å²) in [6.07, 6.45) is 2.64. The Kier molecular flexibility index (Phi) is 4.26. The van der Waals surface area contributed by atoms with Crippen molar-refractivity contribution in [1.29, 1.82) is 0 Å². The van der Waals surface area contributed by atoms with Crippen molar-refractivity contribution in [2.45, 2.75) is 44.0 Å². The van der Waals surface area contributed by atoms with Gasteiger partial charge < -0.3 is 0 Å². The number of benzene rings is 1. The summed E-state index contributed by atoms with van der Waals surface area (Å²) < 4.78 is 39.8. The molecule has 1 saturated carbocycles. The molecule has 1 aliphatic carbocycles. The van der Waals surface area contributed by atoms with E-state index in [1.807, 2.05) is 0 Å². The van der Waals surface area contributed by atoms with Gasteiger partial charge in [0.2, 0.25) is 10.0 Å². The van der Waals surface area contributed by atoms with Crippen LogP contribution in [-0.4, -0.2) is 25.3 Å². The molecule has 1 aliphatic rings. The Labute approximate surface area is 114 Å². The number of nitrogens with zero attached hydrogens (tertiary/aromatic N) is 1. The highest BCUT2D eigenvalue weighted by atomic mass is 32.2. The zero-order valence-electron chi connectivity index (χ0n) is 11.3. The summed E-state index contributed by atoms with van der Waals surface area (Å²) in [5.74, 6) is -0.0651. The van der Waals surface area contributed by atoms with Crippen molar-refractivity contribution in [3.63, 3.8) is 0 Å². The topological polar surface area (TPSA) is 37.4 Å². The number of hydrogen-bond acceptors (Lipinski definition) is 2. The largest absolute Gasteiger partial charge is 0.243 e. The first kappa shape index (κ1) is 14.5. The van der Waals surface area contributed by atoms with E-state index in [-0.39, 0.29) is 10.9 Å². The van der Waals surface area contributed by atoms with Gasteiger partial charge in [-0.25, -0.2) is 12.8 Å². The first-order chi connectivity index (χ1) is 8.91. The summed E-state index contributed by atoms with van der Waals surface area (Å²) in [4.78, 5) is 0.0585. The fourth-order valence-electron chi connectivity index (χ4n) is 2.01. The molecule has 106 valence electrons. The Bertz CT molecular complexity index is 538. The molecule has 1 aromatic carbocycles. The van der Waals surface area contributed by atoms with Crippen molar-refractivity contribution in [2.24, 2.45) is 5.92 Å². The summed E-state index contributed by atoms with van der Waals surface area (Å²) in [5.41, 5.74) is 0. The predicted octanol–water partition coefficient (Wildman–Crippen LogP) is 3.02. The maximum absolute atomic E-state index is 13.2. The molecule has 0 unspecified atom stereocenters. The molecule has 3 nitrogen and oxygen atoms in total. The zero-order valence-corrected chi connectivity index (χ0v) is 12.2. The van der Waals surface area contributed by atoms with Crippen molar-refractivity contribution in [3.8, 4) is 0 Å². The van der Waals surface area contributed by atoms with Crippen LogP contribution in [0.25, 0.3) is 0 Å². The number of rotatable bonds is 6. The molecule has 5 heteroatoms. The van der Waals surface area contributed by atoms with Crippen LogP contribution in [0.1, 0.15) is 33.1 Å². The third kappa shape index (κ3) is 3.54. The fraction of sp³-hybridized carbons (Fsp3) is 0.571. The van der Waals surface area contributed by atoms with E-state index >= 15 is 0 Å². The smallest absolute Gasteiger partial charge is 0.207 e. The van der Waals surface area contributed by atoms with E-state index in [4.69, 9.17) is 0 Å². The van der Waals surface area contributed by atoms with Gasteiger partial charge in [-0.15, -0.1) is 0 Å². The Morgan fingerprint density at radius 2 is 2.05 bits per heavy atom. The van der Waals surface area contributed by atoms with E-state index in [1.54, 1.807) is 4.31 Å². The van der Waals surface area contributed by atoms with Crippen molar-refractivity contribution in [3.05, 3.63) is 30.1 Å². The van der Waals surface area contributed by atoms with Gasteiger partial charge in [0.1, 0.15) is 5.82 Å². The minimum Gasteiger partial charge on any atom is -0.207 e. The van der Waals surface area contributed by atoms with E-state index in [1.165, 1.54) is 18.2 Å². The first-order valence-electron chi connectivity index (χ1n) is 6.68. The van der Waals surface area contributed by atoms with Crippen LogP contribution >= 0.6 is 0 Å². The number of halogens is 1. The second-order valence-corrected chi connectivity index (χ2v) is 7.38. The average molecular weight is 285 g/mol. The molecule has 0 atom stereocenters. The Morgan fingerprint density at radius 3 is 2.58 bits per heavy atom. The van der Waals surface area contributed by atoms with Crippen LogP contribution in [0.3, 0.4) is 0 Å². The molecule has 0 radical (unpaired) electrons. The van der Waals surface area contributed by atoms with Crippen molar-refractivity contribution in [2.75, 3.05) is 6.54 Å². The van der Waals surface area contributed by atoms with Crippen LogP contribution in [0, 0.1) is 11.7 Å². The van der Waals surface area contributed by atoms with Gasteiger partial charge in [0.05, 0.1) is 4.90 Å². The van der Waals surface area contributed by atoms with Gasteiger partial charge in [0.25, 0.3) is 0 Å². The lowest BCUT2D eigenvalue weighted by atomic mass is 10.1. The predicted molar refractivity (Wildman–Crippen MR) is 72.8 cm³/mol. The van der Waals surface area contributed by atoms with Crippen LogP contribution in [0.15, 0.2) is 29.2 Å². The molecule has 0 aromatic heterocycles. The molecule has 0 amide bonds. The van der Waals surface area contributed by atoms with E-state index in [2.05, 4.69) is 13.8 Å². The lowest BCUT2D eigenvalue weighted by molar-refractivity contribution is 0.373. The standard InChI is InChI=1S/C14H20FNO2S/c1-11(2)8-9-16(13-6-7-13)19(17,18)14-5-3-4-12(15)10-14/h3-5,10-11,13H,6-9H2,1-2H3. The monoisotopic (exact) mass is 285 g/mol. The molecule has 0 saturated heterocycles. The summed E-state index contributed by atoms with van der Waals surface area (Å²) in [7, 11) is -3.56. The normalized spacial score (nSPS) is 16.3. The molecular weight excluding hydrogens is 265 g/mol. The second-order valence-electron chi connectivity index (χ2n) is 5.49. The maximum atomic E-state index is 13.2. The van der Waals surface area contributed by atoms with Gasteiger partial charge in [-0.3, -0.25) is 0 Å². The molecule has 0 bridgehead atoms. The molecule has 1 aromatic rings. The van der Waals surface area contributed by atoms with Gasteiger partial charge in [-0.1, -0.05) is 19.9 Å². The molecular formula is C14H20FNO2S. The fourth-order valence-corrected chi connectivity index (χ4v) is 3.74. The zero-order chi connectivity index (χ0) is 14.0. The lowest BCUT2D eigenvalue weighted by Gasteiger charge is -2.22. The molecule has 2 rings (SSSR count). The van der Waals surface area contributed by atoms with Crippen LogP contribution in [0.5, 0.6) is 0 Å². The summed E-state index contributed by atoms with van der Waals surface area (Å²) in [6.45, 7) is 4.65. The minimum absolute atomic E-state index is 0.0585. The summed E-state index contributed by atoms with van der Waals surface area (Å²) in [5, 5.41) is 0. The highest BCUT2D eigenvalue weighted by molar-refractivity contribution is 7.89. The number of hydrogen-bond donors (Lipinski definition) is 0. The van der Waals surface area contributed by atoms with Crippen LogP contribution in [-0.2, 0) is 10.0 Å². The van der Waals surface area contributed by atoms with Crippen LogP contribution in [0.2, 0.25) is 0 Å². The summed E-state index contributed by atoms with van der Waals surface area (Å²) in [6, 6.07) is 5.36. The van der Waals surface area contributed by atoms with E-state index in [9.17, 15) is 12.8 Å². The first-order valence-corrected chi connectivity index (χ1v) is 8.12. The highest BCUT2D eigenvalue weighted by Crippen LogP contribution is 2.32. The third-order valence-corrected chi connectivity index (χ3v) is 5.23. The quantitative estimate of drug-likeness (QED) is 0.805. The van der Waals surface area contributed by atoms with Gasteiger partial charge in [0.15, 0.2) is 0 Å². The molecule has 19 heavy (non-hydrogen) atoms. The van der Waals surface area contributed by atoms with E-state index < -0.39 is 15.8 Å². The molecule has 1 fully saturated rings. The van der Waals surface area contributed by atoms with Crippen LogP contribution < -0.4 is 0 Å². The van der Waals surface area contributed by atoms with Crippen molar-refractivity contribution < 1.29 is 12.8 Å². The Hall–Kier alpha value is -0.940. The highest BCUT2D eigenvalue weighted by Gasteiger charge is 2.37. The molecule has 0 N–H and O–H groups in total.